The van der Waals surface area contributed by atoms with Crippen molar-refractivity contribution < 1.29 is 152 Å². The number of hydrogen-bond donors (Lipinski definition) is 0. The van der Waals surface area contributed by atoms with Crippen LogP contribution in [-0.4, -0.2) is 92.4 Å². The quantitative estimate of drug-likeness (QED) is 0.137. The average molecular weight is 841 g/mol. The monoisotopic (exact) mass is 843 g/mol. The molecule has 0 spiro atoms. The van der Waals surface area contributed by atoms with E-state index < -0.39 is 78.1 Å². The Hall–Kier alpha value is -0.812. The standard InChI is InChI=1S/5CHF3O3S.Mo/c5*2-1(3,4)8(5,6)7;/h5*(H,5,6,7);/p-5. The van der Waals surface area contributed by atoms with Gasteiger partial charge in [-0.3, -0.25) is 0 Å². The van der Waals surface area contributed by atoms with Crippen LogP contribution in [0.1, 0.15) is 0 Å². The minimum absolute atomic E-state index is 0. The van der Waals surface area contributed by atoms with E-state index in [4.69, 9.17) is 64.9 Å². The fourth-order valence-corrected chi connectivity index (χ4v) is 0. The molecule has 0 aliphatic rings. The summed E-state index contributed by atoms with van der Waals surface area (Å²) in [6.07, 6.45) is 0. The minimum atomic E-state index is -6.09. The van der Waals surface area contributed by atoms with E-state index in [0.29, 0.717) is 0 Å². The van der Waals surface area contributed by atoms with E-state index in [9.17, 15) is 65.9 Å². The first-order chi connectivity index (χ1) is 16.2. The smallest absolute Gasteiger partial charge is 0.485 e. The van der Waals surface area contributed by atoms with Gasteiger partial charge in [0.1, 0.15) is 0 Å². The van der Waals surface area contributed by atoms with Crippen LogP contribution in [0.25, 0.3) is 0 Å². The van der Waals surface area contributed by atoms with E-state index in [0.717, 1.165) is 0 Å². The molecule has 36 heteroatoms. The second kappa shape index (κ2) is 16.3. The molecule has 0 fully saturated rings. The molecule has 0 amide bonds. The molecule has 0 aromatic rings. The summed E-state index contributed by atoms with van der Waals surface area (Å²) < 4.78 is 295. The Kier molecular flexibility index (Phi) is 21.0. The third-order valence-electron chi connectivity index (χ3n) is 1.42. The third kappa shape index (κ3) is 27.8. The number of alkyl halides is 15. The molecule has 41 heavy (non-hydrogen) atoms. The summed E-state index contributed by atoms with van der Waals surface area (Å²) in [5.74, 6) is 0. The summed E-state index contributed by atoms with van der Waals surface area (Å²) in [7, 11) is -30.5. The van der Waals surface area contributed by atoms with Crippen molar-refractivity contribution in [3.05, 3.63) is 0 Å². The van der Waals surface area contributed by atoms with Crippen LogP contribution in [0.3, 0.4) is 0 Å². The zero-order valence-electron chi connectivity index (χ0n) is 16.7. The second-order valence-electron chi connectivity index (χ2n) is 4.50. The van der Waals surface area contributed by atoms with Crippen LogP contribution in [0, 0.1) is 0 Å². The maximum atomic E-state index is 10.7. The molecule has 15 nitrogen and oxygen atoms in total. The van der Waals surface area contributed by atoms with Crippen LogP contribution in [-0.2, 0) is 71.7 Å². The van der Waals surface area contributed by atoms with Crippen LogP contribution in [0.4, 0.5) is 65.9 Å². The van der Waals surface area contributed by atoms with Crippen molar-refractivity contribution in [2.75, 3.05) is 0 Å². The molecule has 0 rings (SSSR count). The molecular formula is C5F15MoO15S5-5. The molecule has 0 N–H and O–H groups in total. The Morgan fingerprint density at radius 2 is 0.293 bits per heavy atom. The zero-order chi connectivity index (χ0) is 35.0. The SMILES string of the molecule is O=S(=O)([O-])C(F)(F)F.O=S(=O)([O-])C(F)(F)F.O=S(=O)([O-])C(F)(F)F.O=S(=O)([O-])C(F)(F)F.O=S(=O)([O-])C(F)(F)F.[Mo]. The van der Waals surface area contributed by atoms with Gasteiger partial charge in [0, 0.05) is 21.1 Å². The number of halogens is 15. The van der Waals surface area contributed by atoms with Gasteiger partial charge >= 0.3 is 27.5 Å². The summed E-state index contributed by atoms with van der Waals surface area (Å²) in [5, 5.41) is 0. The molecule has 0 aromatic heterocycles. The maximum absolute atomic E-state index is 10.7. The van der Waals surface area contributed by atoms with Crippen LogP contribution >= 0.6 is 0 Å². The van der Waals surface area contributed by atoms with Crippen LogP contribution < -0.4 is 0 Å². The maximum Gasteiger partial charge on any atom is 0.485 e. The third-order valence-corrected chi connectivity index (χ3v) is 4.25. The van der Waals surface area contributed by atoms with Gasteiger partial charge in [-0.1, -0.05) is 0 Å². The molecule has 256 valence electrons. The Balaban J connectivity index is -0.0000000928. The van der Waals surface area contributed by atoms with Crippen molar-refractivity contribution in [1.29, 1.82) is 0 Å². The van der Waals surface area contributed by atoms with E-state index in [1.54, 1.807) is 0 Å². The van der Waals surface area contributed by atoms with Gasteiger partial charge in [-0.25, -0.2) is 42.1 Å². The van der Waals surface area contributed by atoms with Gasteiger partial charge in [0.2, 0.25) is 0 Å². The molecule has 0 bridgehead atoms. The summed E-state index contributed by atoms with van der Waals surface area (Å²) in [5.41, 5.74) is -28.2. The van der Waals surface area contributed by atoms with Gasteiger partial charge in [-0.2, -0.15) is 65.9 Å². The molecule has 0 saturated carbocycles. The average Bonchev–Trinajstić information content (AvgIpc) is 2.47. The fourth-order valence-electron chi connectivity index (χ4n) is 0. The van der Waals surface area contributed by atoms with Gasteiger partial charge in [-0.05, 0) is 0 Å². The van der Waals surface area contributed by atoms with Crippen LogP contribution in [0.5, 0.6) is 0 Å². The van der Waals surface area contributed by atoms with Gasteiger partial charge < -0.3 is 22.8 Å². The number of rotatable bonds is 0. The summed E-state index contributed by atoms with van der Waals surface area (Å²) in [6.45, 7) is 0. The minimum Gasteiger partial charge on any atom is -0.741 e. The first-order valence-electron chi connectivity index (χ1n) is 6.36. The topological polar surface area (TPSA) is 286 Å². The van der Waals surface area contributed by atoms with Crippen LogP contribution in [0.15, 0.2) is 0 Å². The molecule has 0 saturated heterocycles. The Morgan fingerprint density at radius 1 is 0.268 bits per heavy atom. The first-order valence-corrected chi connectivity index (χ1v) is 13.4. The van der Waals surface area contributed by atoms with E-state index in [-0.39, 0.29) is 21.1 Å². The first kappa shape index (κ1) is 52.8. The molecule has 0 unspecified atom stereocenters. The van der Waals surface area contributed by atoms with E-state index in [1.165, 1.54) is 0 Å². The van der Waals surface area contributed by atoms with Crippen LogP contribution in [0.2, 0.25) is 0 Å². The van der Waals surface area contributed by atoms with Gasteiger partial charge in [0.15, 0.2) is 50.6 Å². The predicted octanol–water partition coefficient (Wildman–Crippen LogP) is 0.255. The molecule has 0 aromatic carbocycles. The summed E-state index contributed by atoms with van der Waals surface area (Å²) in [4.78, 5) is 0. The van der Waals surface area contributed by atoms with Crippen molar-refractivity contribution in [1.82, 2.24) is 0 Å². The Labute approximate surface area is 229 Å². The van der Waals surface area contributed by atoms with Crippen molar-refractivity contribution in [3.63, 3.8) is 0 Å². The van der Waals surface area contributed by atoms with E-state index in [2.05, 4.69) is 0 Å². The van der Waals surface area contributed by atoms with Crippen molar-refractivity contribution in [2.45, 2.75) is 27.5 Å². The normalized spacial score (nSPS) is 13.7. The Morgan fingerprint density at radius 3 is 0.293 bits per heavy atom. The molecular weight excluding hydrogens is 841 g/mol. The Bertz CT molecular complexity index is 1070. The van der Waals surface area contributed by atoms with Gasteiger partial charge in [0.25, 0.3) is 0 Å². The molecule has 0 atom stereocenters. The van der Waals surface area contributed by atoms with E-state index in [1.807, 2.05) is 0 Å². The molecule has 0 aliphatic carbocycles. The largest absolute Gasteiger partial charge is 0.741 e. The second-order valence-corrected chi connectivity index (χ2v) is 11.4. The number of hydrogen-bond acceptors (Lipinski definition) is 15. The van der Waals surface area contributed by atoms with Crippen molar-refractivity contribution in [2.24, 2.45) is 0 Å². The van der Waals surface area contributed by atoms with Gasteiger partial charge in [0.05, 0.1) is 0 Å². The summed E-state index contributed by atoms with van der Waals surface area (Å²) in [6, 6.07) is 0. The fraction of sp³-hybridized carbons (Fsp3) is 1.00. The summed E-state index contributed by atoms with van der Waals surface area (Å²) >= 11 is 0. The zero-order valence-corrected chi connectivity index (χ0v) is 22.8. The molecule has 0 aliphatic heterocycles. The van der Waals surface area contributed by atoms with Crippen molar-refractivity contribution >= 4 is 50.6 Å². The molecule has 0 radical (unpaired) electrons. The predicted molar refractivity (Wildman–Crippen MR) is 78.8 cm³/mol. The van der Waals surface area contributed by atoms with E-state index >= 15 is 0 Å². The van der Waals surface area contributed by atoms with Gasteiger partial charge in [-0.15, -0.1) is 0 Å². The van der Waals surface area contributed by atoms with Crippen molar-refractivity contribution in [3.8, 4) is 0 Å². The molecule has 0 heterocycles.